The van der Waals surface area contributed by atoms with Gasteiger partial charge in [-0.15, -0.1) is 0 Å². The lowest BCUT2D eigenvalue weighted by Crippen LogP contribution is -2.57. The van der Waals surface area contributed by atoms with Crippen LogP contribution in [0.5, 0.6) is 0 Å². The summed E-state index contributed by atoms with van der Waals surface area (Å²) in [7, 11) is 0. The molecule has 0 radical (unpaired) electrons. The molecular formula is C24H40O2. The molecule has 0 bridgehead atoms. The topological polar surface area (TPSA) is 37.3 Å². The molecule has 2 heteroatoms. The molecule has 0 spiro atoms. The third-order valence-electron chi connectivity index (χ3n) is 9.87. The van der Waals surface area contributed by atoms with Crippen molar-refractivity contribution >= 4 is 5.78 Å². The standard InChI is InChI=1S/C24H40O2/c1-5-6-15(2)18-9-10-19-17-13-22(26)21-8-7-16(25)14-24(21,4)20(17)11-12-23(18,19)3/h15-21,25H,5-14H2,1-4H3/t15-,16+,17+,18-,19+,20+,21-,23-,24-/m1/s1. The molecule has 1 N–H and O–H groups in total. The average Bonchev–Trinajstić information content (AvgIpc) is 2.92. The first-order valence-corrected chi connectivity index (χ1v) is 11.5. The molecule has 26 heavy (non-hydrogen) atoms. The van der Waals surface area contributed by atoms with Crippen LogP contribution in [0.4, 0.5) is 0 Å². The monoisotopic (exact) mass is 360 g/mol. The normalized spacial score (nSPS) is 52.1. The maximum Gasteiger partial charge on any atom is 0.136 e. The number of aliphatic hydroxyl groups is 1. The summed E-state index contributed by atoms with van der Waals surface area (Å²) in [5.41, 5.74) is 0.513. The largest absolute Gasteiger partial charge is 0.393 e. The van der Waals surface area contributed by atoms with Crippen LogP contribution in [0.3, 0.4) is 0 Å². The van der Waals surface area contributed by atoms with E-state index in [9.17, 15) is 9.90 Å². The smallest absolute Gasteiger partial charge is 0.136 e. The summed E-state index contributed by atoms with van der Waals surface area (Å²) in [4.78, 5) is 13.1. The van der Waals surface area contributed by atoms with E-state index < -0.39 is 0 Å². The Morgan fingerprint density at radius 1 is 1.08 bits per heavy atom. The van der Waals surface area contributed by atoms with Crippen molar-refractivity contribution in [2.75, 3.05) is 0 Å². The van der Waals surface area contributed by atoms with Crippen LogP contribution in [0.25, 0.3) is 0 Å². The van der Waals surface area contributed by atoms with Gasteiger partial charge in [-0.05, 0) is 85.4 Å². The van der Waals surface area contributed by atoms with Crippen LogP contribution < -0.4 is 0 Å². The zero-order valence-corrected chi connectivity index (χ0v) is 17.5. The second-order valence-electron chi connectivity index (χ2n) is 11.0. The molecule has 148 valence electrons. The summed E-state index contributed by atoms with van der Waals surface area (Å²) in [5, 5.41) is 10.4. The summed E-state index contributed by atoms with van der Waals surface area (Å²) in [6.07, 6.45) is 11.3. The number of Topliss-reactive ketones (excluding diaryl/α,β-unsaturated/α-hetero) is 1. The van der Waals surface area contributed by atoms with Crippen LogP contribution in [-0.4, -0.2) is 17.0 Å². The Hall–Kier alpha value is -0.370. The Kier molecular flexibility index (Phi) is 4.82. The Labute approximate surface area is 160 Å². The summed E-state index contributed by atoms with van der Waals surface area (Å²) >= 11 is 0. The van der Waals surface area contributed by atoms with Gasteiger partial charge in [-0.3, -0.25) is 4.79 Å². The van der Waals surface area contributed by atoms with E-state index in [1.165, 1.54) is 38.5 Å². The van der Waals surface area contributed by atoms with E-state index in [4.69, 9.17) is 0 Å². The zero-order valence-electron chi connectivity index (χ0n) is 17.5. The van der Waals surface area contributed by atoms with Gasteiger partial charge in [0.15, 0.2) is 0 Å². The minimum absolute atomic E-state index is 0.0616. The number of ketones is 1. The molecule has 0 aromatic heterocycles. The van der Waals surface area contributed by atoms with Gasteiger partial charge in [-0.2, -0.15) is 0 Å². The Morgan fingerprint density at radius 2 is 1.81 bits per heavy atom. The Morgan fingerprint density at radius 3 is 2.54 bits per heavy atom. The highest BCUT2D eigenvalue weighted by molar-refractivity contribution is 5.83. The molecular weight excluding hydrogens is 320 g/mol. The number of rotatable bonds is 3. The molecule has 4 aliphatic rings. The van der Waals surface area contributed by atoms with E-state index in [0.717, 1.165) is 43.4 Å². The van der Waals surface area contributed by atoms with Gasteiger partial charge in [0.1, 0.15) is 5.78 Å². The molecule has 9 atom stereocenters. The van der Waals surface area contributed by atoms with Crippen LogP contribution in [0.1, 0.15) is 91.9 Å². The van der Waals surface area contributed by atoms with E-state index in [1.807, 2.05) is 0 Å². The van der Waals surface area contributed by atoms with Crippen LogP contribution >= 0.6 is 0 Å². The Bertz CT molecular complexity index is 556. The fourth-order valence-corrected chi connectivity index (χ4v) is 8.78. The van der Waals surface area contributed by atoms with Crippen molar-refractivity contribution in [3.05, 3.63) is 0 Å². The third kappa shape index (κ3) is 2.65. The molecule has 0 aromatic rings. The summed E-state index contributed by atoms with van der Waals surface area (Å²) in [6, 6.07) is 0. The molecule has 0 aromatic carbocycles. The molecule has 0 amide bonds. The summed E-state index contributed by atoms with van der Waals surface area (Å²) in [5.74, 6) is 4.44. The number of fused-ring (bicyclic) bond motifs is 5. The van der Waals surface area contributed by atoms with Gasteiger partial charge in [0.2, 0.25) is 0 Å². The van der Waals surface area contributed by atoms with Gasteiger partial charge >= 0.3 is 0 Å². The van der Waals surface area contributed by atoms with Crippen molar-refractivity contribution in [1.82, 2.24) is 0 Å². The van der Waals surface area contributed by atoms with E-state index in [1.54, 1.807) is 0 Å². The van der Waals surface area contributed by atoms with Gasteiger partial charge in [0.05, 0.1) is 6.10 Å². The van der Waals surface area contributed by atoms with E-state index >= 15 is 0 Å². The summed E-state index contributed by atoms with van der Waals surface area (Å²) in [6.45, 7) is 9.74. The van der Waals surface area contributed by atoms with Gasteiger partial charge in [0.25, 0.3) is 0 Å². The first-order valence-electron chi connectivity index (χ1n) is 11.5. The van der Waals surface area contributed by atoms with E-state index in [-0.39, 0.29) is 17.4 Å². The highest BCUT2D eigenvalue weighted by atomic mass is 16.3. The van der Waals surface area contributed by atoms with Gasteiger partial charge in [-0.1, -0.05) is 40.5 Å². The molecule has 0 heterocycles. The molecule has 0 saturated heterocycles. The van der Waals surface area contributed by atoms with Crippen molar-refractivity contribution in [3.63, 3.8) is 0 Å². The van der Waals surface area contributed by atoms with Crippen molar-refractivity contribution in [3.8, 4) is 0 Å². The van der Waals surface area contributed by atoms with Crippen molar-refractivity contribution < 1.29 is 9.90 Å². The molecule has 0 unspecified atom stereocenters. The highest BCUT2D eigenvalue weighted by Gasteiger charge is 2.62. The van der Waals surface area contributed by atoms with Gasteiger partial charge in [0, 0.05) is 12.3 Å². The van der Waals surface area contributed by atoms with E-state index in [0.29, 0.717) is 23.0 Å². The zero-order chi connectivity index (χ0) is 18.7. The molecule has 0 aliphatic heterocycles. The predicted molar refractivity (Wildman–Crippen MR) is 106 cm³/mol. The highest BCUT2D eigenvalue weighted by Crippen LogP contribution is 2.67. The van der Waals surface area contributed by atoms with Crippen LogP contribution in [0.2, 0.25) is 0 Å². The van der Waals surface area contributed by atoms with Crippen molar-refractivity contribution in [1.29, 1.82) is 0 Å². The summed E-state index contributed by atoms with van der Waals surface area (Å²) < 4.78 is 0. The lowest BCUT2D eigenvalue weighted by molar-refractivity contribution is -0.160. The SMILES string of the molecule is CCC[C@@H](C)[C@H]1CC[C@H]2[C@@H]3CC(=O)[C@H]4CC[C@H](O)C[C@]4(C)[C@H]3CC[C@]12C. The number of carbonyl (C=O) groups is 1. The fraction of sp³-hybridized carbons (Fsp3) is 0.958. The molecule has 2 nitrogen and oxygen atoms in total. The van der Waals surface area contributed by atoms with Gasteiger partial charge in [-0.25, -0.2) is 0 Å². The quantitative estimate of drug-likeness (QED) is 0.709. The number of hydrogen-bond acceptors (Lipinski definition) is 2. The van der Waals surface area contributed by atoms with Crippen molar-refractivity contribution in [2.45, 2.75) is 98.0 Å². The van der Waals surface area contributed by atoms with Crippen molar-refractivity contribution in [2.24, 2.45) is 46.3 Å². The fourth-order valence-electron chi connectivity index (χ4n) is 8.78. The second kappa shape index (κ2) is 6.61. The number of hydrogen-bond donors (Lipinski definition) is 1. The maximum atomic E-state index is 13.1. The van der Waals surface area contributed by atoms with Crippen LogP contribution in [-0.2, 0) is 4.79 Å². The number of aliphatic hydroxyl groups excluding tert-OH is 1. The minimum Gasteiger partial charge on any atom is -0.393 e. The lowest BCUT2D eigenvalue weighted by Gasteiger charge is -2.60. The average molecular weight is 361 g/mol. The first kappa shape index (κ1) is 19.0. The first-order chi connectivity index (χ1) is 12.3. The van der Waals surface area contributed by atoms with Crippen LogP contribution in [0.15, 0.2) is 0 Å². The third-order valence-corrected chi connectivity index (χ3v) is 9.87. The molecule has 4 fully saturated rings. The molecule has 4 rings (SSSR count). The molecule has 4 saturated carbocycles. The predicted octanol–water partition coefficient (Wildman–Crippen LogP) is 5.62. The van der Waals surface area contributed by atoms with Gasteiger partial charge < -0.3 is 5.11 Å². The lowest BCUT2D eigenvalue weighted by atomic mass is 9.44. The van der Waals surface area contributed by atoms with E-state index in [2.05, 4.69) is 27.7 Å². The minimum atomic E-state index is -0.183. The molecule has 4 aliphatic carbocycles. The Balaban J connectivity index is 1.62. The number of carbonyl (C=O) groups excluding carboxylic acids is 1. The maximum absolute atomic E-state index is 13.1. The van der Waals surface area contributed by atoms with Crippen LogP contribution in [0, 0.1) is 46.3 Å². The second-order valence-corrected chi connectivity index (χ2v) is 11.0.